The number of fused-ring (bicyclic) bond motifs is 3. The van der Waals surface area contributed by atoms with E-state index in [-0.39, 0.29) is 18.0 Å². The highest BCUT2D eigenvalue weighted by Crippen LogP contribution is 2.48. The Kier molecular flexibility index (Phi) is 4.20. The molecule has 0 unspecified atom stereocenters. The number of nitrogens with zero attached hydrogens (tertiary/aromatic N) is 2. The number of hydrogen-bond acceptors (Lipinski definition) is 6. The summed E-state index contributed by atoms with van der Waals surface area (Å²) in [6.07, 6.45) is 0.463. The molecule has 0 fully saturated rings. The summed E-state index contributed by atoms with van der Waals surface area (Å²) in [6.45, 7) is 2.38. The molecule has 1 aromatic heterocycles. The lowest BCUT2D eigenvalue weighted by atomic mass is 9.97. The zero-order valence-corrected chi connectivity index (χ0v) is 16.2. The van der Waals surface area contributed by atoms with Crippen molar-refractivity contribution in [2.24, 2.45) is 5.10 Å². The topological polar surface area (TPSA) is 54.3 Å². The highest BCUT2D eigenvalue weighted by atomic mass is 32.1. The highest BCUT2D eigenvalue weighted by Gasteiger charge is 2.41. The van der Waals surface area contributed by atoms with E-state index in [0.29, 0.717) is 12.4 Å². The first kappa shape index (κ1) is 17.1. The van der Waals surface area contributed by atoms with Gasteiger partial charge < -0.3 is 14.6 Å². The van der Waals surface area contributed by atoms with E-state index in [0.717, 1.165) is 29.0 Å². The number of rotatable bonds is 4. The summed E-state index contributed by atoms with van der Waals surface area (Å²) in [5, 5.41) is 19.1. The van der Waals surface area contributed by atoms with E-state index >= 15 is 0 Å². The first-order valence-corrected chi connectivity index (χ1v) is 10.2. The summed E-state index contributed by atoms with van der Waals surface area (Å²) in [5.74, 6) is 1.46. The number of hydrazone groups is 1. The normalized spacial score (nSPS) is 20.2. The maximum Gasteiger partial charge on any atom is 0.214 e. The molecule has 0 radical (unpaired) electrons. The molecule has 0 saturated heterocycles. The van der Waals surface area contributed by atoms with Gasteiger partial charge in [-0.15, -0.1) is 11.3 Å². The second kappa shape index (κ2) is 6.87. The van der Waals surface area contributed by atoms with Crippen LogP contribution in [-0.2, 0) is 0 Å². The summed E-state index contributed by atoms with van der Waals surface area (Å²) < 4.78 is 11.9. The second-order valence-corrected chi connectivity index (χ2v) is 7.74. The Morgan fingerprint density at radius 3 is 2.93 bits per heavy atom. The van der Waals surface area contributed by atoms with Gasteiger partial charge in [-0.3, -0.25) is 0 Å². The Hall–Kier alpha value is -2.99. The lowest BCUT2D eigenvalue weighted by Crippen LogP contribution is -2.33. The number of ether oxygens (including phenoxy) is 2. The zero-order valence-electron chi connectivity index (χ0n) is 15.4. The molecule has 142 valence electrons. The summed E-state index contributed by atoms with van der Waals surface area (Å²) >= 11 is 1.70. The number of phenols is 1. The van der Waals surface area contributed by atoms with Crippen molar-refractivity contribution in [3.63, 3.8) is 0 Å². The second-order valence-electron chi connectivity index (χ2n) is 6.79. The Balaban J connectivity index is 1.59. The van der Waals surface area contributed by atoms with Crippen molar-refractivity contribution in [2.75, 3.05) is 6.61 Å². The van der Waals surface area contributed by atoms with Crippen LogP contribution in [0.4, 0.5) is 0 Å². The van der Waals surface area contributed by atoms with Gasteiger partial charge in [0.25, 0.3) is 0 Å². The molecule has 3 aromatic rings. The van der Waals surface area contributed by atoms with Crippen molar-refractivity contribution in [1.29, 1.82) is 0 Å². The van der Waals surface area contributed by atoms with Gasteiger partial charge in [0, 0.05) is 17.5 Å². The molecule has 2 aliphatic rings. The van der Waals surface area contributed by atoms with E-state index in [4.69, 9.17) is 14.6 Å². The molecule has 2 atom stereocenters. The van der Waals surface area contributed by atoms with E-state index in [1.165, 1.54) is 4.88 Å². The molecule has 0 saturated carbocycles. The highest BCUT2D eigenvalue weighted by molar-refractivity contribution is 7.12. The first-order chi connectivity index (χ1) is 13.7. The van der Waals surface area contributed by atoms with Crippen LogP contribution in [0.5, 0.6) is 17.2 Å². The maximum absolute atomic E-state index is 10.1. The zero-order chi connectivity index (χ0) is 19.1. The van der Waals surface area contributed by atoms with Gasteiger partial charge in [-0.2, -0.15) is 5.10 Å². The predicted octanol–water partition coefficient (Wildman–Crippen LogP) is 5.09. The average molecular weight is 392 g/mol. The van der Waals surface area contributed by atoms with Crippen LogP contribution < -0.4 is 9.47 Å². The van der Waals surface area contributed by atoms with Gasteiger partial charge in [-0.25, -0.2) is 5.01 Å². The smallest absolute Gasteiger partial charge is 0.214 e. The third-order valence-electron chi connectivity index (χ3n) is 5.07. The van der Waals surface area contributed by atoms with Crippen LogP contribution in [-0.4, -0.2) is 22.4 Å². The van der Waals surface area contributed by atoms with E-state index in [2.05, 4.69) is 23.6 Å². The number of thiophene rings is 1. The summed E-state index contributed by atoms with van der Waals surface area (Å²) in [7, 11) is 0. The minimum absolute atomic E-state index is 0.122. The van der Waals surface area contributed by atoms with Gasteiger partial charge in [-0.05, 0) is 42.6 Å². The van der Waals surface area contributed by atoms with Gasteiger partial charge in [0.2, 0.25) is 6.23 Å². The molecule has 0 amide bonds. The third kappa shape index (κ3) is 2.81. The molecule has 3 heterocycles. The maximum atomic E-state index is 10.1. The summed E-state index contributed by atoms with van der Waals surface area (Å²) in [6, 6.07) is 17.8. The molecule has 6 heteroatoms. The number of phenolic OH excluding ortho intramolecular Hbond substituents is 1. The predicted molar refractivity (Wildman–Crippen MR) is 109 cm³/mol. The van der Waals surface area contributed by atoms with E-state index in [1.54, 1.807) is 17.4 Å². The first-order valence-electron chi connectivity index (χ1n) is 9.35. The molecule has 2 aliphatic heterocycles. The number of para-hydroxylation sites is 1. The molecule has 0 bridgehead atoms. The van der Waals surface area contributed by atoms with Crippen molar-refractivity contribution >= 4 is 17.0 Å². The Morgan fingerprint density at radius 2 is 2.11 bits per heavy atom. The van der Waals surface area contributed by atoms with E-state index in [1.807, 2.05) is 42.3 Å². The molecule has 0 aliphatic carbocycles. The number of hydrogen-bond donors (Lipinski definition) is 1. The summed E-state index contributed by atoms with van der Waals surface area (Å²) in [5.41, 5.74) is 3.13. The molecule has 0 spiro atoms. The Morgan fingerprint density at radius 1 is 1.21 bits per heavy atom. The van der Waals surface area contributed by atoms with Gasteiger partial charge in [0.15, 0.2) is 11.5 Å². The van der Waals surface area contributed by atoms with Crippen molar-refractivity contribution in [1.82, 2.24) is 5.01 Å². The van der Waals surface area contributed by atoms with E-state index in [9.17, 15) is 5.11 Å². The Bertz CT molecular complexity index is 1030. The van der Waals surface area contributed by atoms with Crippen molar-refractivity contribution in [3.8, 4) is 17.2 Å². The molecular weight excluding hydrogens is 372 g/mol. The monoisotopic (exact) mass is 392 g/mol. The van der Waals surface area contributed by atoms with Gasteiger partial charge in [-0.1, -0.05) is 24.3 Å². The van der Waals surface area contributed by atoms with Gasteiger partial charge >= 0.3 is 0 Å². The molecule has 2 aromatic carbocycles. The standard InChI is InChI=1S/C22H20N2O3S/c1-2-26-20-12-14(9-10-18(20)25)22-24-17(15-6-3-4-7-19(15)27-22)13-16(23-24)21-8-5-11-28-21/h3-12,17,22,25H,2,13H2,1H3/t17-,22+/m0/s1. The minimum Gasteiger partial charge on any atom is -0.504 e. The minimum atomic E-state index is -0.378. The fourth-order valence-corrected chi connectivity index (χ4v) is 4.52. The fraction of sp³-hybridized carbons (Fsp3) is 0.227. The van der Waals surface area contributed by atoms with E-state index < -0.39 is 0 Å². The van der Waals surface area contributed by atoms with Crippen LogP contribution in [0.15, 0.2) is 65.1 Å². The number of aromatic hydroxyl groups is 1. The fourth-order valence-electron chi connectivity index (χ4n) is 3.80. The van der Waals surface area contributed by atoms with Crippen LogP contribution in [0.3, 0.4) is 0 Å². The SMILES string of the molecule is CCOc1cc([C@H]2Oc3ccccc3[C@@H]3CC(c4cccs4)=NN23)ccc1O. The largest absolute Gasteiger partial charge is 0.504 e. The van der Waals surface area contributed by atoms with Crippen molar-refractivity contribution in [2.45, 2.75) is 25.6 Å². The molecular formula is C22H20N2O3S. The lowest BCUT2D eigenvalue weighted by molar-refractivity contribution is -0.0191. The number of benzene rings is 2. The van der Waals surface area contributed by atoms with Crippen LogP contribution in [0.25, 0.3) is 0 Å². The third-order valence-corrected chi connectivity index (χ3v) is 5.99. The average Bonchev–Trinajstić information content (AvgIpc) is 3.39. The molecule has 5 nitrogen and oxygen atoms in total. The molecule has 1 N–H and O–H groups in total. The quantitative estimate of drug-likeness (QED) is 0.672. The summed E-state index contributed by atoms with van der Waals surface area (Å²) in [4.78, 5) is 1.19. The van der Waals surface area contributed by atoms with Crippen LogP contribution >= 0.6 is 11.3 Å². The van der Waals surface area contributed by atoms with Gasteiger partial charge in [0.1, 0.15) is 5.75 Å². The van der Waals surface area contributed by atoms with Crippen LogP contribution in [0.2, 0.25) is 0 Å². The lowest BCUT2D eigenvalue weighted by Gasteiger charge is -2.38. The van der Waals surface area contributed by atoms with Crippen molar-refractivity contribution < 1.29 is 14.6 Å². The molecule has 28 heavy (non-hydrogen) atoms. The van der Waals surface area contributed by atoms with Gasteiger partial charge in [0.05, 0.1) is 23.2 Å². The van der Waals surface area contributed by atoms with Crippen molar-refractivity contribution in [3.05, 3.63) is 76.0 Å². The van der Waals surface area contributed by atoms with Crippen LogP contribution in [0, 0.1) is 0 Å². The molecule has 5 rings (SSSR count). The van der Waals surface area contributed by atoms with Crippen LogP contribution in [0.1, 0.15) is 41.6 Å². The Labute approximate surface area is 167 Å².